The monoisotopic (exact) mass is 127 g/mol. The van der Waals surface area contributed by atoms with Gasteiger partial charge in [0.2, 0.25) is 0 Å². The van der Waals surface area contributed by atoms with Gasteiger partial charge < -0.3 is 4.66 Å². The van der Waals surface area contributed by atoms with Crippen molar-refractivity contribution in [1.82, 2.24) is 0 Å². The van der Waals surface area contributed by atoms with E-state index in [1.807, 2.05) is 0 Å². The minimum absolute atomic E-state index is 0. The van der Waals surface area contributed by atoms with Crippen LogP contribution in [0.15, 0.2) is 0 Å². The summed E-state index contributed by atoms with van der Waals surface area (Å²) in [5.74, 6) is 0. The molecule has 0 heterocycles. The van der Waals surface area contributed by atoms with Crippen molar-refractivity contribution in [3.63, 3.8) is 0 Å². The Labute approximate surface area is 38.1 Å². The van der Waals surface area contributed by atoms with Gasteiger partial charge in [-0.3, -0.25) is 0 Å². The van der Waals surface area contributed by atoms with Gasteiger partial charge in [-0.15, -0.1) is 4.66 Å². The van der Waals surface area contributed by atoms with Gasteiger partial charge in [-0.05, 0) is 0 Å². The Morgan fingerprint density at radius 3 is 1.75 bits per heavy atom. The van der Waals surface area contributed by atoms with Crippen LogP contribution in [0.3, 0.4) is 0 Å². The molecule has 0 aromatic heterocycles. The van der Waals surface area contributed by atoms with Crippen molar-refractivity contribution in [2.45, 2.75) is 0 Å². The van der Waals surface area contributed by atoms with Crippen LogP contribution in [0.2, 0.25) is 0 Å². The number of hydrogen-bond acceptors (Lipinski definition) is 2. The summed E-state index contributed by atoms with van der Waals surface area (Å²) in [5.41, 5.74) is 0. The van der Waals surface area contributed by atoms with Gasteiger partial charge in [-0.1, -0.05) is 0 Å². The second kappa shape index (κ2) is 9.31. The van der Waals surface area contributed by atoms with E-state index in [2.05, 4.69) is 0 Å². The molecule has 0 aliphatic rings. The molecule has 0 spiro atoms. The molecular weight excluding hydrogens is 126 g/mol. The van der Waals surface area contributed by atoms with Crippen molar-refractivity contribution < 1.29 is 37.4 Å². The van der Waals surface area contributed by atoms with Crippen LogP contribution in [-0.2, 0) is 16.8 Å². The molecule has 1 N–H and O–H groups in total. The van der Waals surface area contributed by atoms with E-state index < -0.39 is 0 Å². The Morgan fingerprint density at radius 1 is 1.75 bits per heavy atom. The van der Waals surface area contributed by atoms with Gasteiger partial charge in [0.05, 0.1) is 0 Å². The van der Waals surface area contributed by atoms with Gasteiger partial charge >= 0.3 is 11.3 Å². The molecular formula is HClCoO2. The molecule has 0 fully saturated rings. The molecule has 2 nitrogen and oxygen atoms in total. The van der Waals surface area contributed by atoms with E-state index in [4.69, 9.17) is 9.32 Å². The minimum Gasteiger partial charge on any atom is -0.506 e. The summed E-state index contributed by atoms with van der Waals surface area (Å²) in [6.45, 7) is 0. The maximum atomic E-state index is 8.35. The second-order valence-corrected chi connectivity index (χ2v) is 0.207. The van der Waals surface area contributed by atoms with Crippen LogP contribution in [-0.4, -0.2) is 4.66 Å². The van der Waals surface area contributed by atoms with Gasteiger partial charge in [-0.2, -0.15) is 0 Å². The first kappa shape index (κ1) is 8.83. The Balaban J connectivity index is 0. The van der Waals surface area contributed by atoms with Crippen molar-refractivity contribution in [3.8, 4) is 0 Å². The molecule has 0 atom stereocenters. The maximum absolute atomic E-state index is 8.35. The van der Waals surface area contributed by atoms with Crippen molar-refractivity contribution in [2.75, 3.05) is 0 Å². The molecule has 0 bridgehead atoms. The van der Waals surface area contributed by atoms with Gasteiger partial charge in [0, 0.05) is 16.8 Å². The Morgan fingerprint density at radius 2 is 1.75 bits per heavy atom. The first-order valence-electron chi connectivity index (χ1n) is 0.323. The quantitative estimate of drug-likeness (QED) is 0.419. The molecule has 0 unspecified atom stereocenters. The molecule has 4 heavy (non-hydrogen) atoms. The first-order chi connectivity index (χ1) is 1.41. The molecule has 1 radical (unpaired) electrons. The minimum atomic E-state index is -0.167. The van der Waals surface area contributed by atoms with Crippen LogP contribution < -0.4 is 4.66 Å². The number of hydrogen-bond donors (Lipinski definition) is 1. The molecule has 4 heteroatoms. The number of rotatable bonds is 0. The maximum Gasteiger partial charge on any atom is 0.327 e. The normalized spacial score (nSPS) is 4.50. The molecule has 0 aliphatic carbocycles. The summed E-state index contributed by atoms with van der Waals surface area (Å²) >= 11 is -0.167. The second-order valence-electron chi connectivity index (χ2n) is 0.0690. The third-order valence-electron chi connectivity index (χ3n) is 0. The molecule has 0 saturated heterocycles. The summed E-state index contributed by atoms with van der Waals surface area (Å²) in [4.78, 5) is 0. The SMILES string of the molecule is [Co].[O-][Cl+]O. The van der Waals surface area contributed by atoms with Crippen molar-refractivity contribution in [2.24, 2.45) is 0 Å². The summed E-state index contributed by atoms with van der Waals surface area (Å²) in [6, 6.07) is 0. The fourth-order valence-corrected chi connectivity index (χ4v) is 0. The molecule has 0 aromatic carbocycles. The van der Waals surface area contributed by atoms with E-state index in [9.17, 15) is 0 Å². The molecule has 0 amide bonds. The van der Waals surface area contributed by atoms with Crippen molar-refractivity contribution >= 4 is 0 Å². The van der Waals surface area contributed by atoms with E-state index in [0.717, 1.165) is 0 Å². The standard InChI is InChI=1S/ClHO2.Co/c2-1-3;/h2H;. The molecule has 0 aromatic rings. The Bertz CT molecular complexity index is 6.00. The molecule has 0 rings (SSSR count). The average molecular weight is 127 g/mol. The first-order valence-corrected chi connectivity index (χ1v) is 0.970. The zero-order valence-corrected chi connectivity index (χ0v) is 3.36. The van der Waals surface area contributed by atoms with Crippen LogP contribution in [0.25, 0.3) is 0 Å². The predicted molar refractivity (Wildman–Crippen MR) is 2.22 cm³/mol. The topological polar surface area (TPSA) is 43.3 Å². The summed E-state index contributed by atoms with van der Waals surface area (Å²) < 4.78 is 15.2. The van der Waals surface area contributed by atoms with E-state index in [1.165, 1.54) is 0 Å². The molecule has 0 aliphatic heterocycles. The van der Waals surface area contributed by atoms with Gasteiger partial charge in [0.1, 0.15) is 0 Å². The molecule has 29 valence electrons. The average Bonchev–Trinajstić information content (AvgIpc) is 0.918. The van der Waals surface area contributed by atoms with E-state index >= 15 is 0 Å². The third kappa shape index (κ3) is 15.6. The fourth-order valence-electron chi connectivity index (χ4n) is 0. The summed E-state index contributed by atoms with van der Waals surface area (Å²) in [7, 11) is 0. The van der Waals surface area contributed by atoms with Gasteiger partial charge in [0.15, 0.2) is 0 Å². The summed E-state index contributed by atoms with van der Waals surface area (Å²) in [5, 5.41) is 0. The van der Waals surface area contributed by atoms with Crippen LogP contribution in [0, 0.1) is 11.3 Å². The zero-order chi connectivity index (χ0) is 2.71. The summed E-state index contributed by atoms with van der Waals surface area (Å²) in [6.07, 6.45) is 0. The Hall–Kier alpha value is 0.716. The van der Waals surface area contributed by atoms with Crippen LogP contribution in [0.5, 0.6) is 0 Å². The van der Waals surface area contributed by atoms with Crippen LogP contribution >= 0.6 is 0 Å². The predicted octanol–water partition coefficient (Wildman–Crippen LogP) is -1.75. The van der Waals surface area contributed by atoms with Gasteiger partial charge in [-0.25, -0.2) is 0 Å². The van der Waals surface area contributed by atoms with E-state index in [-0.39, 0.29) is 28.1 Å². The van der Waals surface area contributed by atoms with Crippen LogP contribution in [0.4, 0.5) is 0 Å². The van der Waals surface area contributed by atoms with Gasteiger partial charge in [0.25, 0.3) is 0 Å². The number of halogens is 1. The van der Waals surface area contributed by atoms with Crippen molar-refractivity contribution in [1.29, 1.82) is 0 Å². The smallest absolute Gasteiger partial charge is 0.327 e. The van der Waals surface area contributed by atoms with Crippen molar-refractivity contribution in [3.05, 3.63) is 0 Å². The molecule has 0 saturated carbocycles. The third-order valence-corrected chi connectivity index (χ3v) is 0. The fraction of sp³-hybridized carbons (Fsp3) is 0. The Kier molecular flexibility index (Phi) is 20.5. The van der Waals surface area contributed by atoms with E-state index in [0.29, 0.717) is 0 Å². The largest absolute Gasteiger partial charge is 0.506 e. The zero-order valence-electron chi connectivity index (χ0n) is 1.57. The van der Waals surface area contributed by atoms with E-state index in [1.54, 1.807) is 0 Å². The van der Waals surface area contributed by atoms with Crippen LogP contribution in [0.1, 0.15) is 0 Å².